The van der Waals surface area contributed by atoms with Crippen LogP contribution in [0.3, 0.4) is 0 Å². The molecule has 0 spiro atoms. The Bertz CT molecular complexity index is 991. The Kier molecular flexibility index (Phi) is 5.89. The fourth-order valence-electron chi connectivity index (χ4n) is 2.36. The molecule has 0 unspecified atom stereocenters. The van der Waals surface area contributed by atoms with E-state index in [1.54, 1.807) is 17.8 Å². The highest BCUT2D eigenvalue weighted by Crippen LogP contribution is 2.29. The van der Waals surface area contributed by atoms with Crippen molar-refractivity contribution in [3.8, 4) is 0 Å². The Morgan fingerprint density at radius 1 is 1.24 bits per heavy atom. The van der Waals surface area contributed by atoms with Gasteiger partial charge in [-0.05, 0) is 31.2 Å². The average molecular weight is 411 g/mol. The largest absolute Gasteiger partial charge is 0.318 e. The Labute approximate surface area is 164 Å². The molecule has 0 N–H and O–H groups in total. The minimum Gasteiger partial charge on any atom is -0.318 e. The van der Waals surface area contributed by atoms with Crippen LogP contribution in [-0.4, -0.2) is 16.2 Å². The van der Waals surface area contributed by atoms with E-state index >= 15 is 0 Å². The van der Waals surface area contributed by atoms with Crippen molar-refractivity contribution in [2.45, 2.75) is 18.2 Å². The molecule has 0 aliphatic heterocycles. The third-order valence-electron chi connectivity index (χ3n) is 3.64. The molecule has 0 aliphatic carbocycles. The standard InChI is InChI=1S/C18H16Cl2N2OS2/c1-11-3-5-13(6-4-11)24-8-7-16(23)21-18-22(2)17-14(20)9-12(19)10-15(17)25-18/h3-6,9-10H,7-8H2,1-2H3. The predicted molar refractivity (Wildman–Crippen MR) is 108 cm³/mol. The maximum absolute atomic E-state index is 12.2. The van der Waals surface area contributed by atoms with Crippen molar-refractivity contribution in [2.75, 3.05) is 5.75 Å². The number of carbonyl (C=O) groups excluding carboxylic acids is 1. The molecule has 0 atom stereocenters. The molecule has 0 saturated carbocycles. The van der Waals surface area contributed by atoms with Gasteiger partial charge in [-0.1, -0.05) is 52.2 Å². The lowest BCUT2D eigenvalue weighted by atomic mass is 10.2. The molecule has 0 saturated heterocycles. The fourth-order valence-corrected chi connectivity index (χ4v) is 5.04. The molecule has 0 bridgehead atoms. The van der Waals surface area contributed by atoms with Crippen LogP contribution in [0.25, 0.3) is 10.2 Å². The van der Waals surface area contributed by atoms with Gasteiger partial charge in [0.25, 0.3) is 0 Å². The monoisotopic (exact) mass is 410 g/mol. The Balaban J connectivity index is 1.73. The zero-order valence-corrected chi connectivity index (χ0v) is 16.9. The first-order chi connectivity index (χ1) is 11.9. The van der Waals surface area contributed by atoms with Gasteiger partial charge in [-0.25, -0.2) is 0 Å². The van der Waals surface area contributed by atoms with Gasteiger partial charge < -0.3 is 4.57 Å². The summed E-state index contributed by atoms with van der Waals surface area (Å²) in [5.74, 6) is 0.566. The first kappa shape index (κ1) is 18.5. The molecule has 0 fully saturated rings. The highest BCUT2D eigenvalue weighted by Gasteiger charge is 2.10. The quantitative estimate of drug-likeness (QED) is 0.534. The average Bonchev–Trinajstić information content (AvgIpc) is 2.85. The topological polar surface area (TPSA) is 34.4 Å². The van der Waals surface area contributed by atoms with E-state index < -0.39 is 0 Å². The van der Waals surface area contributed by atoms with Crippen LogP contribution in [-0.2, 0) is 11.8 Å². The number of fused-ring (bicyclic) bond motifs is 1. The second kappa shape index (κ2) is 7.96. The van der Waals surface area contributed by atoms with Crippen LogP contribution in [0.4, 0.5) is 0 Å². The summed E-state index contributed by atoms with van der Waals surface area (Å²) in [6.07, 6.45) is 0.390. The van der Waals surface area contributed by atoms with Crippen LogP contribution in [0.15, 0.2) is 46.3 Å². The maximum atomic E-state index is 12.2. The van der Waals surface area contributed by atoms with Crippen LogP contribution in [0.2, 0.25) is 10.0 Å². The molecular formula is C18H16Cl2N2OS2. The molecule has 0 aliphatic rings. The number of amides is 1. The number of carbonyl (C=O) groups is 1. The summed E-state index contributed by atoms with van der Waals surface area (Å²) >= 11 is 15.4. The van der Waals surface area contributed by atoms with E-state index in [1.807, 2.05) is 17.7 Å². The van der Waals surface area contributed by atoms with E-state index in [0.717, 1.165) is 15.1 Å². The fraction of sp³-hybridized carbons (Fsp3) is 0.222. The summed E-state index contributed by atoms with van der Waals surface area (Å²) in [4.78, 5) is 18.2. The maximum Gasteiger partial charge on any atom is 0.249 e. The van der Waals surface area contributed by atoms with Crippen molar-refractivity contribution < 1.29 is 4.79 Å². The number of aryl methyl sites for hydroxylation is 2. The van der Waals surface area contributed by atoms with E-state index in [2.05, 4.69) is 36.2 Å². The van der Waals surface area contributed by atoms with Crippen molar-refractivity contribution in [1.82, 2.24) is 4.57 Å². The van der Waals surface area contributed by atoms with Crippen molar-refractivity contribution >= 4 is 62.4 Å². The van der Waals surface area contributed by atoms with Gasteiger partial charge in [0.2, 0.25) is 5.91 Å². The lowest BCUT2D eigenvalue weighted by Crippen LogP contribution is -2.13. The molecule has 3 nitrogen and oxygen atoms in total. The number of hydrogen-bond donors (Lipinski definition) is 0. The zero-order chi connectivity index (χ0) is 18.0. The minimum absolute atomic E-state index is 0.135. The summed E-state index contributed by atoms with van der Waals surface area (Å²) in [6, 6.07) is 11.8. The summed E-state index contributed by atoms with van der Waals surface area (Å²) in [5, 5.41) is 1.14. The highest BCUT2D eigenvalue weighted by atomic mass is 35.5. The molecule has 130 valence electrons. The van der Waals surface area contributed by atoms with Crippen molar-refractivity contribution in [1.29, 1.82) is 0 Å². The van der Waals surface area contributed by atoms with Crippen molar-refractivity contribution in [3.63, 3.8) is 0 Å². The minimum atomic E-state index is -0.135. The number of halogens is 2. The number of thiazole rings is 1. The number of thioether (sulfide) groups is 1. The molecule has 2 aromatic carbocycles. The molecule has 0 radical (unpaired) electrons. The highest BCUT2D eigenvalue weighted by molar-refractivity contribution is 7.99. The van der Waals surface area contributed by atoms with Gasteiger partial charge in [-0.2, -0.15) is 4.99 Å². The van der Waals surface area contributed by atoms with Crippen LogP contribution >= 0.6 is 46.3 Å². The normalized spacial score (nSPS) is 12.1. The van der Waals surface area contributed by atoms with Crippen molar-refractivity contribution in [3.05, 3.63) is 56.8 Å². The SMILES string of the molecule is Cc1ccc(SCCC(=O)N=c2sc3cc(Cl)cc(Cl)c3n2C)cc1. The lowest BCUT2D eigenvalue weighted by molar-refractivity contribution is -0.117. The predicted octanol–water partition coefficient (Wildman–Crippen LogP) is 5.46. The Morgan fingerprint density at radius 2 is 1.96 bits per heavy atom. The first-order valence-electron chi connectivity index (χ1n) is 7.65. The van der Waals surface area contributed by atoms with E-state index in [0.29, 0.717) is 27.0 Å². The number of aromatic nitrogens is 1. The van der Waals surface area contributed by atoms with Crippen molar-refractivity contribution in [2.24, 2.45) is 12.0 Å². The third kappa shape index (κ3) is 4.47. The van der Waals surface area contributed by atoms with Crippen LogP contribution in [0.5, 0.6) is 0 Å². The zero-order valence-electron chi connectivity index (χ0n) is 13.8. The molecule has 1 heterocycles. The smallest absolute Gasteiger partial charge is 0.249 e. The first-order valence-corrected chi connectivity index (χ1v) is 10.2. The third-order valence-corrected chi connectivity index (χ3v) is 6.24. The Morgan fingerprint density at radius 3 is 2.68 bits per heavy atom. The molecule has 3 aromatic rings. The molecule has 1 amide bonds. The van der Waals surface area contributed by atoms with Gasteiger partial charge >= 0.3 is 0 Å². The summed E-state index contributed by atoms with van der Waals surface area (Å²) < 4.78 is 2.75. The van der Waals surface area contributed by atoms with Gasteiger partial charge in [0.1, 0.15) is 0 Å². The number of benzene rings is 2. The van der Waals surface area contributed by atoms with E-state index in [1.165, 1.54) is 16.9 Å². The molecule has 25 heavy (non-hydrogen) atoms. The van der Waals surface area contributed by atoms with Gasteiger partial charge in [-0.3, -0.25) is 4.79 Å². The number of hydrogen-bond acceptors (Lipinski definition) is 3. The van der Waals surface area contributed by atoms with E-state index in [-0.39, 0.29) is 5.91 Å². The number of rotatable bonds is 4. The second-order valence-corrected chi connectivity index (χ2v) is 8.62. The Hall–Kier alpha value is -1.27. The molecule has 1 aromatic heterocycles. The van der Waals surface area contributed by atoms with E-state index in [4.69, 9.17) is 23.2 Å². The van der Waals surface area contributed by atoms with Crippen LogP contribution < -0.4 is 4.80 Å². The lowest BCUT2D eigenvalue weighted by Gasteiger charge is -2.00. The molecule has 7 heteroatoms. The van der Waals surface area contributed by atoms with Gasteiger partial charge in [0.15, 0.2) is 4.80 Å². The summed E-state index contributed by atoms with van der Waals surface area (Å²) in [6.45, 7) is 2.06. The molecular weight excluding hydrogens is 395 g/mol. The van der Waals surface area contributed by atoms with Crippen LogP contribution in [0.1, 0.15) is 12.0 Å². The number of nitrogens with zero attached hydrogens (tertiary/aromatic N) is 2. The second-order valence-electron chi connectivity index (χ2n) is 5.60. The summed E-state index contributed by atoms with van der Waals surface area (Å²) in [5.41, 5.74) is 2.07. The summed E-state index contributed by atoms with van der Waals surface area (Å²) in [7, 11) is 1.85. The van der Waals surface area contributed by atoms with Gasteiger partial charge in [0, 0.05) is 29.1 Å². The van der Waals surface area contributed by atoms with Gasteiger partial charge in [-0.15, -0.1) is 11.8 Å². The van der Waals surface area contributed by atoms with Gasteiger partial charge in [0.05, 0.1) is 15.2 Å². The van der Waals surface area contributed by atoms with Crippen LogP contribution in [0, 0.1) is 6.92 Å². The molecule has 3 rings (SSSR count). The van der Waals surface area contributed by atoms with E-state index in [9.17, 15) is 4.79 Å².